The lowest BCUT2D eigenvalue weighted by molar-refractivity contribution is 0.109. The number of hydrogen-bond acceptors (Lipinski definition) is 2. The summed E-state index contributed by atoms with van der Waals surface area (Å²) in [6.07, 6.45) is 3.78. The average Bonchev–Trinajstić information content (AvgIpc) is 2.36. The van der Waals surface area contributed by atoms with Gasteiger partial charge in [0.25, 0.3) is 0 Å². The third-order valence-corrected chi connectivity index (χ3v) is 4.33. The molecule has 1 N–H and O–H groups in total. The van der Waals surface area contributed by atoms with Gasteiger partial charge in [0.1, 0.15) is 0 Å². The molecule has 0 atom stereocenters. The fraction of sp³-hybridized carbons (Fsp3) is 1.00. The molecule has 0 fully saturated rings. The first-order valence-corrected chi connectivity index (χ1v) is 8.35. The van der Waals surface area contributed by atoms with Crippen LogP contribution in [0.2, 0.25) is 0 Å². The summed E-state index contributed by atoms with van der Waals surface area (Å²) in [5, 5.41) is 3.69. The van der Waals surface area contributed by atoms with Crippen LogP contribution < -0.4 is 5.32 Å². The number of rotatable bonds is 11. The zero-order valence-electron chi connectivity index (χ0n) is 14.6. The lowest BCUT2D eigenvalue weighted by Crippen LogP contribution is -2.46. The zero-order chi connectivity index (χ0) is 14.9. The first-order chi connectivity index (χ1) is 8.90. The molecule has 0 aliphatic rings. The van der Waals surface area contributed by atoms with Gasteiger partial charge in [-0.25, -0.2) is 0 Å². The van der Waals surface area contributed by atoms with Gasteiger partial charge in [-0.3, -0.25) is 0 Å². The minimum absolute atomic E-state index is 0.439. The summed E-state index contributed by atoms with van der Waals surface area (Å²) in [5.74, 6) is 0.739. The van der Waals surface area contributed by atoms with Crippen LogP contribution in [0, 0.1) is 11.3 Å². The summed E-state index contributed by atoms with van der Waals surface area (Å²) in [6, 6.07) is 0.655. The maximum Gasteiger partial charge on any atom is 0.00526 e. The smallest absolute Gasteiger partial charge is 0.00526 e. The van der Waals surface area contributed by atoms with Crippen molar-refractivity contribution in [2.45, 2.75) is 73.8 Å². The van der Waals surface area contributed by atoms with Crippen molar-refractivity contribution in [1.29, 1.82) is 0 Å². The molecule has 0 radical (unpaired) electrons. The highest BCUT2D eigenvalue weighted by Gasteiger charge is 2.29. The molecule has 0 unspecified atom stereocenters. The van der Waals surface area contributed by atoms with Gasteiger partial charge in [0.05, 0.1) is 0 Å². The molecular weight excluding hydrogens is 232 g/mol. The van der Waals surface area contributed by atoms with Gasteiger partial charge in [0, 0.05) is 19.1 Å². The lowest BCUT2D eigenvalue weighted by Gasteiger charge is -2.39. The Hall–Kier alpha value is -0.0800. The molecule has 2 heteroatoms. The van der Waals surface area contributed by atoms with Crippen LogP contribution in [0.4, 0.5) is 0 Å². The second-order valence-corrected chi connectivity index (χ2v) is 6.80. The molecule has 0 bridgehead atoms. The SMILES string of the molecule is CCCN(CC(CC)(CC)CNCC(C)C)C(C)C. The van der Waals surface area contributed by atoms with E-state index in [0.717, 1.165) is 19.0 Å². The van der Waals surface area contributed by atoms with Gasteiger partial charge >= 0.3 is 0 Å². The summed E-state index contributed by atoms with van der Waals surface area (Å²) in [5.41, 5.74) is 0.439. The molecule has 0 aromatic rings. The molecule has 0 saturated carbocycles. The van der Waals surface area contributed by atoms with Crippen LogP contribution in [-0.2, 0) is 0 Å². The lowest BCUT2D eigenvalue weighted by atomic mass is 9.81. The molecule has 0 spiro atoms. The average molecular weight is 271 g/mol. The molecule has 0 aliphatic heterocycles. The third kappa shape index (κ3) is 7.31. The molecule has 0 rings (SSSR count). The van der Waals surface area contributed by atoms with Gasteiger partial charge in [-0.05, 0) is 57.5 Å². The Bertz CT molecular complexity index is 207. The third-order valence-electron chi connectivity index (χ3n) is 4.33. The number of nitrogens with one attached hydrogen (secondary N) is 1. The van der Waals surface area contributed by atoms with Crippen LogP contribution in [0.15, 0.2) is 0 Å². The van der Waals surface area contributed by atoms with E-state index in [1.165, 1.54) is 32.4 Å². The monoisotopic (exact) mass is 270 g/mol. The van der Waals surface area contributed by atoms with E-state index < -0.39 is 0 Å². The Morgan fingerprint density at radius 2 is 1.58 bits per heavy atom. The molecule has 0 aromatic carbocycles. The second-order valence-electron chi connectivity index (χ2n) is 6.80. The summed E-state index contributed by atoms with van der Waals surface area (Å²) < 4.78 is 0. The highest BCUT2D eigenvalue weighted by atomic mass is 15.2. The van der Waals surface area contributed by atoms with E-state index in [1.54, 1.807) is 0 Å². The van der Waals surface area contributed by atoms with E-state index in [1.807, 2.05) is 0 Å². The standard InChI is InChI=1S/C17H38N2/c1-8-11-19(16(6)7)14-17(9-2,10-3)13-18-12-15(4)5/h15-16,18H,8-14H2,1-7H3. The Labute approximate surface area is 122 Å². The largest absolute Gasteiger partial charge is 0.316 e. The van der Waals surface area contributed by atoms with E-state index in [-0.39, 0.29) is 0 Å². The van der Waals surface area contributed by atoms with E-state index in [0.29, 0.717) is 11.5 Å². The van der Waals surface area contributed by atoms with Crippen molar-refractivity contribution in [2.24, 2.45) is 11.3 Å². The second kappa shape index (κ2) is 9.77. The van der Waals surface area contributed by atoms with Crippen LogP contribution in [0.3, 0.4) is 0 Å². The summed E-state index contributed by atoms with van der Waals surface area (Å²) in [6.45, 7) is 21.0. The zero-order valence-corrected chi connectivity index (χ0v) is 14.6. The van der Waals surface area contributed by atoms with Gasteiger partial charge in [0.15, 0.2) is 0 Å². The molecule has 0 heterocycles. The number of nitrogens with zero attached hydrogens (tertiary/aromatic N) is 1. The molecule has 2 nitrogen and oxygen atoms in total. The quantitative estimate of drug-likeness (QED) is 0.606. The maximum absolute atomic E-state index is 3.69. The van der Waals surface area contributed by atoms with Gasteiger partial charge in [-0.2, -0.15) is 0 Å². The van der Waals surface area contributed by atoms with Gasteiger partial charge < -0.3 is 10.2 Å². The van der Waals surface area contributed by atoms with Crippen molar-refractivity contribution in [3.63, 3.8) is 0 Å². The van der Waals surface area contributed by atoms with Crippen LogP contribution in [-0.4, -0.2) is 37.1 Å². The van der Waals surface area contributed by atoms with Crippen LogP contribution >= 0.6 is 0 Å². The van der Waals surface area contributed by atoms with E-state index >= 15 is 0 Å². The fourth-order valence-corrected chi connectivity index (χ4v) is 2.64. The Morgan fingerprint density at radius 1 is 1.00 bits per heavy atom. The van der Waals surface area contributed by atoms with Crippen LogP contribution in [0.5, 0.6) is 0 Å². The van der Waals surface area contributed by atoms with Crippen molar-refractivity contribution in [3.8, 4) is 0 Å². The first-order valence-electron chi connectivity index (χ1n) is 8.35. The summed E-state index contributed by atoms with van der Waals surface area (Å²) in [7, 11) is 0. The van der Waals surface area contributed by atoms with Crippen molar-refractivity contribution < 1.29 is 0 Å². The Morgan fingerprint density at radius 3 is 1.95 bits per heavy atom. The maximum atomic E-state index is 3.69. The first kappa shape index (κ1) is 18.9. The highest BCUT2D eigenvalue weighted by molar-refractivity contribution is 4.84. The van der Waals surface area contributed by atoms with Gasteiger partial charge in [-0.15, -0.1) is 0 Å². The van der Waals surface area contributed by atoms with Gasteiger partial charge in [-0.1, -0.05) is 34.6 Å². The van der Waals surface area contributed by atoms with Crippen molar-refractivity contribution >= 4 is 0 Å². The van der Waals surface area contributed by atoms with Crippen molar-refractivity contribution in [3.05, 3.63) is 0 Å². The Kier molecular flexibility index (Phi) is 9.72. The fourth-order valence-electron chi connectivity index (χ4n) is 2.64. The van der Waals surface area contributed by atoms with Crippen molar-refractivity contribution in [2.75, 3.05) is 26.2 Å². The normalized spacial score (nSPS) is 12.9. The molecular formula is C17H38N2. The molecule has 19 heavy (non-hydrogen) atoms. The molecule has 0 aromatic heterocycles. The number of hydrogen-bond donors (Lipinski definition) is 1. The van der Waals surface area contributed by atoms with Gasteiger partial charge in [0.2, 0.25) is 0 Å². The Balaban J connectivity index is 4.57. The predicted molar refractivity (Wildman–Crippen MR) is 87.7 cm³/mol. The van der Waals surface area contributed by atoms with E-state index in [4.69, 9.17) is 0 Å². The highest BCUT2D eigenvalue weighted by Crippen LogP contribution is 2.28. The van der Waals surface area contributed by atoms with Crippen molar-refractivity contribution in [1.82, 2.24) is 10.2 Å². The molecule has 0 saturated heterocycles. The summed E-state index contributed by atoms with van der Waals surface area (Å²) in [4.78, 5) is 2.66. The summed E-state index contributed by atoms with van der Waals surface area (Å²) >= 11 is 0. The molecule has 0 aliphatic carbocycles. The predicted octanol–water partition coefficient (Wildman–Crippen LogP) is 4.16. The van der Waals surface area contributed by atoms with Crippen LogP contribution in [0.25, 0.3) is 0 Å². The van der Waals surface area contributed by atoms with Crippen LogP contribution in [0.1, 0.15) is 67.7 Å². The van der Waals surface area contributed by atoms with E-state index in [2.05, 4.69) is 58.7 Å². The minimum atomic E-state index is 0.439. The van der Waals surface area contributed by atoms with E-state index in [9.17, 15) is 0 Å². The minimum Gasteiger partial charge on any atom is -0.316 e. The topological polar surface area (TPSA) is 15.3 Å². The molecule has 116 valence electrons. The molecule has 0 amide bonds.